The lowest BCUT2D eigenvalue weighted by atomic mass is 10.1. The summed E-state index contributed by atoms with van der Waals surface area (Å²) in [5.74, 6) is -0.360. The van der Waals surface area contributed by atoms with Crippen molar-refractivity contribution in [2.75, 3.05) is 19.0 Å². The molecule has 1 amide bonds. The summed E-state index contributed by atoms with van der Waals surface area (Å²) in [6.45, 7) is 4.22. The molecule has 10 nitrogen and oxygen atoms in total. The number of nitrogens with two attached hydrogens (primary N) is 1. The number of aryl methyl sites for hydroxylation is 1. The molecule has 35 heavy (non-hydrogen) atoms. The number of aromatic hydroxyl groups is 1. The van der Waals surface area contributed by atoms with Gasteiger partial charge >= 0.3 is 7.52 Å². The van der Waals surface area contributed by atoms with Crippen LogP contribution in [0.1, 0.15) is 25.8 Å². The predicted octanol–water partition coefficient (Wildman–Crippen LogP) is 2.95. The van der Waals surface area contributed by atoms with Gasteiger partial charge in [-0.1, -0.05) is 26.0 Å². The van der Waals surface area contributed by atoms with Crippen molar-refractivity contribution >= 4 is 41.2 Å². The second-order valence-corrected chi connectivity index (χ2v) is 10.7. The molecule has 4 N–H and O–H groups in total. The van der Waals surface area contributed by atoms with Gasteiger partial charge in [-0.05, 0) is 42.7 Å². The first-order valence-corrected chi connectivity index (χ1v) is 12.7. The zero-order chi connectivity index (χ0) is 25.3. The van der Waals surface area contributed by atoms with Crippen molar-refractivity contribution in [1.82, 2.24) is 4.57 Å². The standard InChI is InChI=1S/C24H27N4O6P/c1-14(2)10-11-28-18-7-5-4-6-16(18)22(30)21(24(28)31)23-26-17-9-8-15(34-13-20(25)29)12-19(17)35(32,27-23)33-3/h4-9,12,14,30H,10-11,13H2,1-3H3,(H2,25,29)(H,26,27,32). The normalized spacial score (nSPS) is 17.1. The van der Waals surface area contributed by atoms with E-state index in [4.69, 9.17) is 15.0 Å². The number of hydrogen-bond donors (Lipinski definition) is 3. The van der Waals surface area contributed by atoms with Crippen LogP contribution in [0.2, 0.25) is 0 Å². The molecule has 0 bridgehead atoms. The van der Waals surface area contributed by atoms with E-state index in [0.29, 0.717) is 29.1 Å². The molecule has 1 atom stereocenters. The fraction of sp³-hybridized carbons (Fsp3) is 0.292. The highest BCUT2D eigenvalue weighted by Crippen LogP contribution is 2.52. The van der Waals surface area contributed by atoms with Crippen LogP contribution in [0.15, 0.2) is 52.0 Å². The number of hydrogen-bond acceptors (Lipinski definition) is 7. The van der Waals surface area contributed by atoms with Crippen molar-refractivity contribution in [3.63, 3.8) is 0 Å². The van der Waals surface area contributed by atoms with Crippen LogP contribution < -0.4 is 26.7 Å². The molecular weight excluding hydrogens is 471 g/mol. The van der Waals surface area contributed by atoms with Crippen molar-refractivity contribution in [1.29, 1.82) is 0 Å². The molecule has 2 aromatic carbocycles. The maximum atomic E-state index is 13.7. The largest absolute Gasteiger partial charge is 0.506 e. The fourth-order valence-electron chi connectivity index (χ4n) is 3.90. The highest BCUT2D eigenvalue weighted by Gasteiger charge is 2.35. The van der Waals surface area contributed by atoms with Gasteiger partial charge in [0.2, 0.25) is 0 Å². The van der Waals surface area contributed by atoms with Gasteiger partial charge in [0.1, 0.15) is 17.1 Å². The van der Waals surface area contributed by atoms with Crippen LogP contribution in [0.4, 0.5) is 5.69 Å². The lowest BCUT2D eigenvalue weighted by Gasteiger charge is -2.25. The van der Waals surface area contributed by atoms with Gasteiger partial charge in [-0.25, -0.2) is 0 Å². The minimum absolute atomic E-state index is 0.0555. The maximum absolute atomic E-state index is 13.7. The summed E-state index contributed by atoms with van der Waals surface area (Å²) in [7, 11) is -2.61. The Bertz CT molecular complexity index is 1450. The Balaban J connectivity index is 1.87. The number of pyridine rings is 1. The molecule has 0 saturated carbocycles. The van der Waals surface area contributed by atoms with Gasteiger partial charge < -0.3 is 30.0 Å². The summed E-state index contributed by atoms with van der Waals surface area (Å²) >= 11 is 0. The molecule has 1 aliphatic rings. The van der Waals surface area contributed by atoms with Crippen molar-refractivity contribution in [3.05, 3.63) is 58.4 Å². The molecule has 1 aliphatic heterocycles. The summed E-state index contributed by atoms with van der Waals surface area (Å²) in [5, 5.41) is 14.8. The Hall–Kier alpha value is -3.62. The van der Waals surface area contributed by atoms with Crippen molar-refractivity contribution in [2.24, 2.45) is 16.4 Å². The smallest absolute Gasteiger partial charge is 0.348 e. The Morgan fingerprint density at radius 2 is 2.00 bits per heavy atom. The summed E-state index contributed by atoms with van der Waals surface area (Å²) in [6.07, 6.45) is 0.751. The number of nitrogens with zero attached hydrogens (tertiary/aromatic N) is 2. The molecule has 184 valence electrons. The number of rotatable bonds is 8. The van der Waals surface area contributed by atoms with Crippen molar-refractivity contribution in [2.45, 2.75) is 26.8 Å². The maximum Gasteiger partial charge on any atom is 0.348 e. The molecule has 11 heteroatoms. The van der Waals surface area contributed by atoms with Crippen LogP contribution in [0.3, 0.4) is 0 Å². The number of ether oxygens (including phenoxy) is 1. The number of aromatic nitrogens is 1. The lowest BCUT2D eigenvalue weighted by Crippen LogP contribution is -2.33. The van der Waals surface area contributed by atoms with Gasteiger partial charge in [-0.15, -0.1) is 0 Å². The minimum Gasteiger partial charge on any atom is -0.506 e. The highest BCUT2D eigenvalue weighted by molar-refractivity contribution is 7.66. The first-order valence-electron chi connectivity index (χ1n) is 11.1. The van der Waals surface area contributed by atoms with Crippen molar-refractivity contribution < 1.29 is 23.7 Å². The third-order valence-corrected chi connectivity index (χ3v) is 7.64. The predicted molar refractivity (Wildman–Crippen MR) is 135 cm³/mol. The second kappa shape index (κ2) is 9.56. The highest BCUT2D eigenvalue weighted by atomic mass is 31.2. The van der Waals surface area contributed by atoms with Gasteiger partial charge in [0.25, 0.3) is 11.5 Å². The quantitative estimate of drug-likeness (QED) is 0.405. The van der Waals surface area contributed by atoms with Gasteiger partial charge in [-0.2, -0.15) is 4.76 Å². The van der Waals surface area contributed by atoms with Crippen LogP contribution >= 0.6 is 7.52 Å². The molecule has 0 saturated heterocycles. The monoisotopic (exact) mass is 498 g/mol. The minimum atomic E-state index is -3.86. The number of carbonyl (C=O) groups excluding carboxylic acids is 1. The zero-order valence-corrected chi connectivity index (χ0v) is 20.5. The van der Waals surface area contributed by atoms with Crippen LogP contribution in [0.5, 0.6) is 11.5 Å². The van der Waals surface area contributed by atoms with Crippen LogP contribution in [-0.2, 0) is 20.4 Å². The third kappa shape index (κ3) is 4.67. The number of amidine groups is 1. The zero-order valence-electron chi connectivity index (χ0n) is 19.6. The Morgan fingerprint density at radius 3 is 2.69 bits per heavy atom. The summed E-state index contributed by atoms with van der Waals surface area (Å²) in [4.78, 5) is 24.7. The van der Waals surface area contributed by atoms with Gasteiger partial charge in [0.05, 0.1) is 16.5 Å². The molecule has 3 aromatic rings. The first kappa shape index (κ1) is 24.5. The van der Waals surface area contributed by atoms with Gasteiger partial charge in [-0.3, -0.25) is 14.2 Å². The molecule has 2 heterocycles. The molecule has 0 aliphatic carbocycles. The molecular formula is C24H27N4O6P. The summed E-state index contributed by atoms with van der Waals surface area (Å²) < 4.78 is 30.2. The average molecular weight is 498 g/mol. The number of nitrogens with one attached hydrogen (secondary N) is 1. The molecule has 0 radical (unpaired) electrons. The number of carbonyl (C=O) groups is 1. The lowest BCUT2D eigenvalue weighted by molar-refractivity contribution is -0.119. The number of para-hydroxylation sites is 1. The third-order valence-electron chi connectivity index (χ3n) is 5.70. The second-order valence-electron chi connectivity index (χ2n) is 8.59. The van der Waals surface area contributed by atoms with E-state index < -0.39 is 19.0 Å². The summed E-state index contributed by atoms with van der Waals surface area (Å²) in [5.41, 5.74) is 5.54. The molecule has 0 fully saturated rings. The molecule has 0 spiro atoms. The van der Waals surface area contributed by atoms with E-state index in [0.717, 1.165) is 6.42 Å². The Labute approximate surface area is 201 Å². The molecule has 4 rings (SSSR count). The van der Waals surface area contributed by atoms with E-state index in [1.54, 1.807) is 41.0 Å². The number of benzene rings is 2. The van der Waals surface area contributed by atoms with Crippen LogP contribution in [0, 0.1) is 5.92 Å². The van der Waals surface area contributed by atoms with E-state index in [-0.39, 0.29) is 34.8 Å². The molecule has 1 unspecified atom stereocenters. The Kier molecular flexibility index (Phi) is 6.69. The summed E-state index contributed by atoms with van der Waals surface area (Å²) in [6, 6.07) is 11.6. The van der Waals surface area contributed by atoms with Crippen LogP contribution in [-0.4, -0.2) is 35.1 Å². The first-order chi connectivity index (χ1) is 16.6. The van der Waals surface area contributed by atoms with Crippen molar-refractivity contribution in [3.8, 4) is 11.5 Å². The van der Waals surface area contributed by atoms with E-state index in [1.165, 1.54) is 13.2 Å². The van der Waals surface area contributed by atoms with Crippen LogP contribution in [0.25, 0.3) is 10.9 Å². The fourth-order valence-corrected chi connectivity index (χ4v) is 5.42. The molecule has 1 aromatic heterocycles. The number of amides is 1. The number of primary amides is 1. The van der Waals surface area contributed by atoms with Gasteiger partial charge in [0, 0.05) is 19.0 Å². The van der Waals surface area contributed by atoms with E-state index in [1.807, 2.05) is 0 Å². The topological polar surface area (TPSA) is 145 Å². The van der Waals surface area contributed by atoms with E-state index >= 15 is 0 Å². The van der Waals surface area contributed by atoms with E-state index in [9.17, 15) is 19.3 Å². The number of fused-ring (bicyclic) bond motifs is 2. The average Bonchev–Trinajstić information content (AvgIpc) is 2.82. The Morgan fingerprint density at radius 1 is 1.26 bits per heavy atom. The number of anilines is 1. The SMILES string of the molecule is COP1(=O)N=C(c2c(O)c3ccccc3n(CCC(C)C)c2=O)Nc2ccc(OCC(N)=O)cc21. The van der Waals surface area contributed by atoms with Gasteiger partial charge in [0.15, 0.2) is 12.4 Å². The van der Waals surface area contributed by atoms with E-state index in [2.05, 4.69) is 23.9 Å².